The summed E-state index contributed by atoms with van der Waals surface area (Å²) in [5.74, 6) is -0.356. The normalized spacial score (nSPS) is 11.7. The van der Waals surface area contributed by atoms with Gasteiger partial charge in [0.1, 0.15) is 23.0 Å². The van der Waals surface area contributed by atoms with E-state index in [1.54, 1.807) is 0 Å². The fourth-order valence-electron chi connectivity index (χ4n) is 2.20. The highest BCUT2D eigenvalue weighted by atomic mass is 19.1. The van der Waals surface area contributed by atoms with Gasteiger partial charge in [0.2, 0.25) is 0 Å². The Morgan fingerprint density at radius 1 is 1.28 bits per heavy atom. The van der Waals surface area contributed by atoms with E-state index in [-0.39, 0.29) is 11.5 Å². The molecule has 0 aliphatic carbocycles. The van der Waals surface area contributed by atoms with Crippen LogP contribution >= 0.6 is 0 Å². The number of rotatable bonds is 4. The van der Waals surface area contributed by atoms with Crippen LogP contribution in [0.1, 0.15) is 38.0 Å². The predicted molar refractivity (Wildman–Crippen MR) is 67.6 cm³/mol. The molecule has 0 unspecified atom stereocenters. The van der Waals surface area contributed by atoms with Crippen LogP contribution in [0.25, 0.3) is 11.0 Å². The minimum absolute atomic E-state index is 0.125. The average molecular weight is 253 g/mol. The third-order valence-corrected chi connectivity index (χ3v) is 2.93. The third-order valence-electron chi connectivity index (χ3n) is 2.93. The Kier molecular flexibility index (Phi) is 3.66. The number of hydrogen-bond acceptors (Lipinski definition) is 2. The summed E-state index contributed by atoms with van der Waals surface area (Å²) in [5, 5.41) is 3.55. The Morgan fingerprint density at radius 2 is 2.00 bits per heavy atom. The molecule has 1 aromatic carbocycles. The van der Waals surface area contributed by atoms with Crippen molar-refractivity contribution in [2.75, 3.05) is 6.54 Å². The molecule has 0 fully saturated rings. The number of halogens is 2. The van der Waals surface area contributed by atoms with Gasteiger partial charge in [0.25, 0.3) is 0 Å². The standard InChI is InChI=1S/C14H17F2NO/c1-4-17-7-12-13(8(2)3)14-10(16)5-9(15)6-11(14)18-12/h5-6,8,17H,4,7H2,1-3H3. The second-order valence-corrected chi connectivity index (χ2v) is 4.63. The topological polar surface area (TPSA) is 25.2 Å². The van der Waals surface area contributed by atoms with Crippen molar-refractivity contribution in [1.29, 1.82) is 0 Å². The van der Waals surface area contributed by atoms with E-state index in [1.807, 2.05) is 20.8 Å². The maximum atomic E-state index is 13.9. The van der Waals surface area contributed by atoms with Gasteiger partial charge in [0.05, 0.1) is 11.9 Å². The highest BCUT2D eigenvalue weighted by Gasteiger charge is 2.20. The van der Waals surface area contributed by atoms with Crippen LogP contribution < -0.4 is 5.32 Å². The molecule has 0 atom stereocenters. The Hall–Kier alpha value is -1.42. The number of benzene rings is 1. The van der Waals surface area contributed by atoms with Gasteiger partial charge in [0.15, 0.2) is 0 Å². The van der Waals surface area contributed by atoms with Gasteiger partial charge in [0, 0.05) is 17.7 Å². The summed E-state index contributed by atoms with van der Waals surface area (Å²) in [7, 11) is 0. The number of hydrogen-bond donors (Lipinski definition) is 1. The van der Waals surface area contributed by atoms with Gasteiger partial charge in [-0.05, 0) is 12.5 Å². The summed E-state index contributed by atoms with van der Waals surface area (Å²) in [4.78, 5) is 0. The van der Waals surface area contributed by atoms with Crippen LogP contribution in [0.4, 0.5) is 8.78 Å². The molecular weight excluding hydrogens is 236 g/mol. The number of nitrogens with one attached hydrogen (secondary N) is 1. The highest BCUT2D eigenvalue weighted by Crippen LogP contribution is 2.34. The van der Waals surface area contributed by atoms with Crippen LogP contribution in [-0.2, 0) is 6.54 Å². The Bertz CT molecular complexity index is 560. The SMILES string of the molecule is CCNCc1oc2cc(F)cc(F)c2c1C(C)C. The molecule has 1 aromatic heterocycles. The molecule has 0 saturated carbocycles. The zero-order valence-corrected chi connectivity index (χ0v) is 10.8. The zero-order valence-electron chi connectivity index (χ0n) is 10.8. The Morgan fingerprint density at radius 3 is 2.61 bits per heavy atom. The third kappa shape index (κ3) is 2.25. The maximum absolute atomic E-state index is 13.9. The molecule has 2 rings (SSSR count). The van der Waals surface area contributed by atoms with Crippen molar-refractivity contribution in [1.82, 2.24) is 5.32 Å². The minimum Gasteiger partial charge on any atom is -0.459 e. The van der Waals surface area contributed by atoms with E-state index in [1.165, 1.54) is 6.07 Å². The second-order valence-electron chi connectivity index (χ2n) is 4.63. The van der Waals surface area contributed by atoms with E-state index in [9.17, 15) is 8.78 Å². The van der Waals surface area contributed by atoms with Crippen molar-refractivity contribution in [2.45, 2.75) is 33.2 Å². The lowest BCUT2D eigenvalue weighted by atomic mass is 9.99. The molecule has 2 aromatic rings. The minimum atomic E-state index is -0.612. The summed E-state index contributed by atoms with van der Waals surface area (Å²) in [6.45, 7) is 7.26. The number of fused-ring (bicyclic) bond motifs is 1. The molecular formula is C14H17F2NO. The first-order valence-corrected chi connectivity index (χ1v) is 6.15. The predicted octanol–water partition coefficient (Wildman–Crippen LogP) is 3.94. The highest BCUT2D eigenvalue weighted by molar-refractivity contribution is 5.83. The van der Waals surface area contributed by atoms with Crippen molar-refractivity contribution in [3.05, 3.63) is 35.1 Å². The lowest BCUT2D eigenvalue weighted by Crippen LogP contribution is -2.12. The molecule has 0 amide bonds. The first kappa shape index (κ1) is 13.0. The van der Waals surface area contributed by atoms with E-state index < -0.39 is 11.6 Å². The first-order chi connectivity index (χ1) is 8.54. The van der Waals surface area contributed by atoms with Crippen molar-refractivity contribution >= 4 is 11.0 Å². The molecule has 2 nitrogen and oxygen atoms in total. The average Bonchev–Trinajstić information content (AvgIpc) is 2.64. The fraction of sp³-hybridized carbons (Fsp3) is 0.429. The number of furan rings is 1. The van der Waals surface area contributed by atoms with Crippen LogP contribution in [0.3, 0.4) is 0 Å². The van der Waals surface area contributed by atoms with Gasteiger partial charge in [-0.3, -0.25) is 0 Å². The molecule has 18 heavy (non-hydrogen) atoms. The monoisotopic (exact) mass is 253 g/mol. The van der Waals surface area contributed by atoms with Crippen molar-refractivity contribution in [3.63, 3.8) is 0 Å². The molecule has 0 bridgehead atoms. The summed E-state index contributed by atoms with van der Waals surface area (Å²) < 4.78 is 32.6. The maximum Gasteiger partial charge on any atom is 0.140 e. The first-order valence-electron chi connectivity index (χ1n) is 6.15. The Balaban J connectivity index is 2.64. The molecule has 98 valence electrons. The van der Waals surface area contributed by atoms with E-state index >= 15 is 0 Å². The fourth-order valence-corrected chi connectivity index (χ4v) is 2.20. The van der Waals surface area contributed by atoms with Crippen LogP contribution in [-0.4, -0.2) is 6.54 Å². The molecule has 0 spiro atoms. The quantitative estimate of drug-likeness (QED) is 0.892. The molecule has 0 saturated heterocycles. The lowest BCUT2D eigenvalue weighted by Gasteiger charge is -2.07. The largest absolute Gasteiger partial charge is 0.459 e. The van der Waals surface area contributed by atoms with Crippen LogP contribution in [0, 0.1) is 11.6 Å². The van der Waals surface area contributed by atoms with E-state index in [0.29, 0.717) is 17.7 Å². The van der Waals surface area contributed by atoms with Gasteiger partial charge < -0.3 is 9.73 Å². The van der Waals surface area contributed by atoms with E-state index in [2.05, 4.69) is 5.32 Å². The van der Waals surface area contributed by atoms with Crippen molar-refractivity contribution < 1.29 is 13.2 Å². The molecule has 0 aliphatic heterocycles. The van der Waals surface area contributed by atoms with Crippen molar-refractivity contribution in [3.8, 4) is 0 Å². The van der Waals surface area contributed by atoms with Gasteiger partial charge in [-0.2, -0.15) is 0 Å². The van der Waals surface area contributed by atoms with Gasteiger partial charge in [-0.15, -0.1) is 0 Å². The van der Waals surface area contributed by atoms with Crippen molar-refractivity contribution in [2.24, 2.45) is 0 Å². The van der Waals surface area contributed by atoms with Crippen LogP contribution in [0.5, 0.6) is 0 Å². The van der Waals surface area contributed by atoms with Crippen LogP contribution in [0.2, 0.25) is 0 Å². The van der Waals surface area contributed by atoms with E-state index in [0.717, 1.165) is 18.2 Å². The molecule has 0 aliphatic rings. The second kappa shape index (κ2) is 5.06. The summed E-state index contributed by atoms with van der Waals surface area (Å²) in [6.07, 6.45) is 0. The smallest absolute Gasteiger partial charge is 0.140 e. The molecule has 1 heterocycles. The molecule has 1 N–H and O–H groups in total. The lowest BCUT2D eigenvalue weighted by molar-refractivity contribution is 0.507. The van der Waals surface area contributed by atoms with Gasteiger partial charge >= 0.3 is 0 Å². The van der Waals surface area contributed by atoms with Gasteiger partial charge in [-0.25, -0.2) is 8.78 Å². The summed E-state index contributed by atoms with van der Waals surface area (Å²) in [6, 6.07) is 2.14. The zero-order chi connectivity index (χ0) is 13.3. The van der Waals surface area contributed by atoms with Gasteiger partial charge in [-0.1, -0.05) is 20.8 Å². The van der Waals surface area contributed by atoms with E-state index in [4.69, 9.17) is 4.42 Å². The Labute approximate surface area is 105 Å². The molecule has 0 radical (unpaired) electrons. The van der Waals surface area contributed by atoms with Crippen LogP contribution in [0.15, 0.2) is 16.5 Å². The summed E-state index contributed by atoms with van der Waals surface area (Å²) >= 11 is 0. The summed E-state index contributed by atoms with van der Waals surface area (Å²) in [5.41, 5.74) is 1.10. The molecule has 4 heteroatoms.